The first-order valence-electron chi connectivity index (χ1n) is 11.0. The van der Waals surface area contributed by atoms with E-state index in [9.17, 15) is 4.79 Å². The van der Waals surface area contributed by atoms with Crippen molar-refractivity contribution in [3.05, 3.63) is 58.7 Å². The van der Waals surface area contributed by atoms with Gasteiger partial charge in [-0.05, 0) is 67.5 Å². The summed E-state index contributed by atoms with van der Waals surface area (Å²) in [4.78, 5) is 14.7. The molecule has 3 aliphatic rings. The normalized spacial score (nSPS) is 30.4. The number of allylic oxidation sites excluding steroid dienone is 2. The zero-order valence-electron chi connectivity index (χ0n) is 18.5. The van der Waals surface area contributed by atoms with Crippen LogP contribution in [0.3, 0.4) is 0 Å². The molecule has 0 saturated carbocycles. The van der Waals surface area contributed by atoms with Gasteiger partial charge in [-0.25, -0.2) is 0 Å². The molecule has 2 aliphatic heterocycles. The molecule has 0 radical (unpaired) electrons. The Morgan fingerprint density at radius 1 is 1.17 bits per heavy atom. The molecule has 1 aliphatic carbocycles. The maximum Gasteiger partial charge on any atom is 0.152 e. The number of benzene rings is 1. The summed E-state index contributed by atoms with van der Waals surface area (Å²) in [7, 11) is 0. The van der Waals surface area contributed by atoms with Crippen LogP contribution < -0.4 is 0 Å². The van der Waals surface area contributed by atoms with E-state index in [-0.39, 0.29) is 16.6 Å². The first-order valence-corrected chi connectivity index (χ1v) is 11.0. The molecule has 2 heterocycles. The number of hydrogen-bond donors (Lipinski definition) is 0. The number of hydrogen-bond acceptors (Lipinski definition) is 2. The molecule has 0 spiro atoms. The summed E-state index contributed by atoms with van der Waals surface area (Å²) in [5.74, 6) is 6.95. The summed E-state index contributed by atoms with van der Waals surface area (Å²) in [5, 5.41) is 0. The Labute approximate surface area is 176 Å². The molecule has 1 aromatic rings. The van der Waals surface area contributed by atoms with Gasteiger partial charge in [0.25, 0.3) is 0 Å². The zero-order valence-corrected chi connectivity index (χ0v) is 18.5. The molecular formula is C27H33NO. The van der Waals surface area contributed by atoms with E-state index in [1.165, 1.54) is 31.4 Å². The second kappa shape index (κ2) is 7.29. The Morgan fingerprint density at radius 2 is 1.90 bits per heavy atom. The van der Waals surface area contributed by atoms with Crippen LogP contribution in [0.1, 0.15) is 71.4 Å². The van der Waals surface area contributed by atoms with Crippen molar-refractivity contribution >= 4 is 5.78 Å². The SMILES string of the molecule is CC(=O)C=C1C(C#Cc2ccc(C(C)(C)C)cc2)=CC2CC1(C)C1CCCCN21. The Bertz CT molecular complexity index is 931. The summed E-state index contributed by atoms with van der Waals surface area (Å²) in [6.07, 6.45) is 9.10. The van der Waals surface area contributed by atoms with Crippen molar-refractivity contribution < 1.29 is 4.79 Å². The van der Waals surface area contributed by atoms with Crippen LogP contribution in [0, 0.1) is 17.3 Å². The topological polar surface area (TPSA) is 20.3 Å². The van der Waals surface area contributed by atoms with Crippen LogP contribution in [0.15, 0.2) is 47.6 Å². The maximum atomic E-state index is 12.1. The standard InChI is InChI=1S/C27H33NO/c1-19(29)16-24-21(12-9-20-10-13-22(14-11-20)26(2,3)4)17-23-18-27(24,5)25-8-6-7-15-28(23)25/h10-11,13-14,16-17,23,25H,6-8,15,18H2,1-5H3. The molecule has 152 valence electrons. The lowest BCUT2D eigenvalue weighted by atomic mass is 9.67. The number of carbonyl (C=O) groups is 1. The fraction of sp³-hybridized carbons (Fsp3) is 0.519. The minimum Gasteiger partial charge on any atom is -0.295 e. The molecule has 2 nitrogen and oxygen atoms in total. The molecule has 0 amide bonds. The highest BCUT2D eigenvalue weighted by Gasteiger charge is 2.53. The van der Waals surface area contributed by atoms with E-state index in [2.05, 4.69) is 74.8 Å². The molecule has 2 fully saturated rings. The predicted octanol–water partition coefficient (Wildman–Crippen LogP) is 5.42. The molecule has 2 heteroatoms. The zero-order chi connectivity index (χ0) is 20.8. The van der Waals surface area contributed by atoms with E-state index < -0.39 is 0 Å². The molecule has 4 rings (SSSR count). The van der Waals surface area contributed by atoms with Gasteiger partial charge in [-0.1, -0.05) is 64.2 Å². The van der Waals surface area contributed by atoms with Crippen LogP contribution in [-0.2, 0) is 10.2 Å². The van der Waals surface area contributed by atoms with E-state index in [1.54, 1.807) is 6.92 Å². The van der Waals surface area contributed by atoms with Crippen LogP contribution >= 0.6 is 0 Å². The fourth-order valence-electron chi connectivity index (χ4n) is 5.50. The third kappa shape index (κ3) is 3.74. The number of carbonyl (C=O) groups excluding carboxylic acids is 1. The summed E-state index contributed by atoms with van der Waals surface area (Å²) in [6.45, 7) is 11.9. The Balaban J connectivity index is 1.70. The molecule has 0 aromatic heterocycles. The number of ketones is 1. The van der Waals surface area contributed by atoms with Crippen LogP contribution in [0.25, 0.3) is 0 Å². The highest BCUT2D eigenvalue weighted by molar-refractivity contribution is 5.89. The minimum absolute atomic E-state index is 0.0333. The van der Waals surface area contributed by atoms with Crippen LogP contribution in [0.5, 0.6) is 0 Å². The van der Waals surface area contributed by atoms with Gasteiger partial charge in [0.1, 0.15) is 0 Å². The molecule has 2 saturated heterocycles. The van der Waals surface area contributed by atoms with Gasteiger partial charge in [0, 0.05) is 28.6 Å². The van der Waals surface area contributed by atoms with Gasteiger partial charge in [-0.15, -0.1) is 0 Å². The Hall–Kier alpha value is -2.11. The summed E-state index contributed by atoms with van der Waals surface area (Å²) >= 11 is 0. The van der Waals surface area contributed by atoms with Crippen molar-refractivity contribution in [2.45, 2.75) is 77.8 Å². The average molecular weight is 388 g/mol. The van der Waals surface area contributed by atoms with E-state index in [0.29, 0.717) is 12.1 Å². The van der Waals surface area contributed by atoms with Crippen LogP contribution in [-0.4, -0.2) is 29.3 Å². The molecule has 0 N–H and O–H groups in total. The van der Waals surface area contributed by atoms with Gasteiger partial charge in [0.05, 0.1) is 0 Å². The Kier molecular flexibility index (Phi) is 5.07. The first-order chi connectivity index (χ1) is 13.7. The maximum absolute atomic E-state index is 12.1. The highest BCUT2D eigenvalue weighted by atomic mass is 16.1. The largest absolute Gasteiger partial charge is 0.295 e. The number of rotatable bonds is 1. The molecule has 2 bridgehead atoms. The van der Waals surface area contributed by atoms with Gasteiger partial charge in [-0.2, -0.15) is 0 Å². The second-order valence-electron chi connectivity index (χ2n) is 10.3. The van der Waals surface area contributed by atoms with E-state index in [0.717, 1.165) is 23.1 Å². The smallest absolute Gasteiger partial charge is 0.152 e. The van der Waals surface area contributed by atoms with E-state index in [4.69, 9.17) is 0 Å². The third-order valence-electron chi connectivity index (χ3n) is 7.04. The van der Waals surface area contributed by atoms with Crippen molar-refractivity contribution in [1.82, 2.24) is 4.90 Å². The van der Waals surface area contributed by atoms with Crippen molar-refractivity contribution in [3.63, 3.8) is 0 Å². The van der Waals surface area contributed by atoms with Gasteiger partial charge in [0.15, 0.2) is 5.78 Å². The predicted molar refractivity (Wildman–Crippen MR) is 120 cm³/mol. The monoisotopic (exact) mass is 387 g/mol. The lowest BCUT2D eigenvalue weighted by Crippen LogP contribution is -2.43. The molecule has 3 unspecified atom stereocenters. The van der Waals surface area contributed by atoms with Gasteiger partial charge in [-0.3, -0.25) is 9.69 Å². The molecule has 29 heavy (non-hydrogen) atoms. The van der Waals surface area contributed by atoms with Crippen LogP contribution in [0.2, 0.25) is 0 Å². The second-order valence-corrected chi connectivity index (χ2v) is 10.3. The molecule has 1 aromatic carbocycles. The summed E-state index contributed by atoms with van der Waals surface area (Å²) in [6, 6.07) is 9.58. The minimum atomic E-state index is 0.0333. The number of nitrogens with zero attached hydrogens (tertiary/aromatic N) is 1. The highest BCUT2D eigenvalue weighted by Crippen LogP contribution is 2.54. The van der Waals surface area contributed by atoms with Crippen molar-refractivity contribution in [1.29, 1.82) is 0 Å². The average Bonchev–Trinajstić information content (AvgIpc) is 2.91. The van der Waals surface area contributed by atoms with Crippen LogP contribution in [0.4, 0.5) is 0 Å². The lowest BCUT2D eigenvalue weighted by molar-refractivity contribution is -0.112. The Morgan fingerprint density at radius 3 is 2.55 bits per heavy atom. The van der Waals surface area contributed by atoms with Crippen molar-refractivity contribution in [2.24, 2.45) is 5.41 Å². The van der Waals surface area contributed by atoms with Crippen molar-refractivity contribution in [3.8, 4) is 11.8 Å². The van der Waals surface area contributed by atoms with Gasteiger partial charge < -0.3 is 0 Å². The summed E-state index contributed by atoms with van der Waals surface area (Å²) < 4.78 is 0. The third-order valence-corrected chi connectivity index (χ3v) is 7.04. The number of fused-ring (bicyclic) bond motifs is 5. The van der Waals surface area contributed by atoms with Crippen molar-refractivity contribution in [2.75, 3.05) is 6.54 Å². The molecule has 3 atom stereocenters. The van der Waals surface area contributed by atoms with Gasteiger partial charge >= 0.3 is 0 Å². The lowest BCUT2D eigenvalue weighted by Gasteiger charge is -2.39. The quantitative estimate of drug-likeness (QED) is 0.473. The fourth-order valence-corrected chi connectivity index (χ4v) is 5.50. The number of piperidine rings is 1. The first kappa shape index (κ1) is 20.2. The van der Waals surface area contributed by atoms with E-state index in [1.807, 2.05) is 6.08 Å². The van der Waals surface area contributed by atoms with Gasteiger partial charge in [0.2, 0.25) is 0 Å². The molecular weight excluding hydrogens is 354 g/mol. The summed E-state index contributed by atoms with van der Waals surface area (Å²) in [5.41, 5.74) is 4.75. The van der Waals surface area contributed by atoms with E-state index >= 15 is 0 Å².